The maximum atomic E-state index is 3.73. The lowest BCUT2D eigenvalue weighted by molar-refractivity contribution is 0.376. The first-order valence-corrected chi connectivity index (χ1v) is 6.65. The van der Waals surface area contributed by atoms with Crippen LogP contribution in [0.4, 0.5) is 0 Å². The Kier molecular flexibility index (Phi) is 4.19. The van der Waals surface area contributed by atoms with Crippen molar-refractivity contribution in [1.29, 1.82) is 0 Å². The number of rotatable bonds is 3. The van der Waals surface area contributed by atoms with E-state index in [1.807, 2.05) is 6.08 Å². The molecule has 1 aliphatic carbocycles. The van der Waals surface area contributed by atoms with E-state index in [9.17, 15) is 0 Å². The number of aryl methyl sites for hydroxylation is 1. The van der Waals surface area contributed by atoms with E-state index >= 15 is 0 Å². The second-order valence-corrected chi connectivity index (χ2v) is 5.14. The van der Waals surface area contributed by atoms with E-state index in [-0.39, 0.29) is 0 Å². The largest absolute Gasteiger partial charge is 0.0991 e. The van der Waals surface area contributed by atoms with Crippen LogP contribution in [0.15, 0.2) is 49.1 Å². The summed E-state index contributed by atoms with van der Waals surface area (Å²) in [4.78, 5) is 0. The Labute approximate surface area is 105 Å². The molecule has 2 rings (SSSR count). The molecule has 0 atom stereocenters. The molecule has 90 valence electrons. The van der Waals surface area contributed by atoms with E-state index in [1.54, 1.807) is 0 Å². The normalized spacial score (nSPS) is 25.0. The highest BCUT2D eigenvalue weighted by Gasteiger charge is 2.20. The van der Waals surface area contributed by atoms with Crippen LogP contribution >= 0.6 is 0 Å². The zero-order valence-corrected chi connectivity index (χ0v) is 10.7. The Morgan fingerprint density at radius 2 is 1.71 bits per heavy atom. The van der Waals surface area contributed by atoms with Crippen LogP contribution in [0.25, 0.3) is 0 Å². The van der Waals surface area contributed by atoms with E-state index in [1.165, 1.54) is 36.8 Å². The molecule has 1 aromatic carbocycles. The minimum absolute atomic E-state index is 0.773. The number of allylic oxidation sites excluding steroid dienone is 3. The highest BCUT2D eigenvalue weighted by Crippen LogP contribution is 2.36. The van der Waals surface area contributed by atoms with Crippen molar-refractivity contribution < 1.29 is 0 Å². The minimum atomic E-state index is 0.773. The van der Waals surface area contributed by atoms with Crippen LogP contribution in [0.3, 0.4) is 0 Å². The number of hydrogen-bond acceptors (Lipinski definition) is 0. The second-order valence-electron chi connectivity index (χ2n) is 5.14. The summed E-state index contributed by atoms with van der Waals surface area (Å²) in [6, 6.07) is 9.08. The fourth-order valence-electron chi connectivity index (χ4n) is 2.72. The van der Waals surface area contributed by atoms with Crippen LogP contribution in [0.2, 0.25) is 0 Å². The van der Waals surface area contributed by atoms with E-state index in [0.29, 0.717) is 0 Å². The van der Waals surface area contributed by atoms with Crippen molar-refractivity contribution in [3.05, 3.63) is 60.2 Å². The zero-order valence-electron chi connectivity index (χ0n) is 10.7. The van der Waals surface area contributed by atoms with Crippen molar-refractivity contribution in [2.45, 2.75) is 38.5 Å². The monoisotopic (exact) mass is 226 g/mol. The van der Waals surface area contributed by atoms with Gasteiger partial charge in [-0.2, -0.15) is 0 Å². The SMILES string of the molecule is C=C/C=C/C1CCC(c2ccc(C)cc2)CC1. The molecule has 17 heavy (non-hydrogen) atoms. The predicted molar refractivity (Wildman–Crippen MR) is 75.2 cm³/mol. The molecule has 0 aromatic heterocycles. The molecular weight excluding hydrogens is 204 g/mol. The van der Waals surface area contributed by atoms with E-state index in [4.69, 9.17) is 0 Å². The first kappa shape index (κ1) is 12.2. The summed E-state index contributed by atoms with van der Waals surface area (Å²) >= 11 is 0. The third-order valence-electron chi connectivity index (χ3n) is 3.84. The molecule has 0 nitrogen and oxygen atoms in total. The summed E-state index contributed by atoms with van der Waals surface area (Å²) in [7, 11) is 0. The average molecular weight is 226 g/mol. The fourth-order valence-corrected chi connectivity index (χ4v) is 2.72. The van der Waals surface area contributed by atoms with Gasteiger partial charge in [0.2, 0.25) is 0 Å². The highest BCUT2D eigenvalue weighted by atomic mass is 14.2. The topological polar surface area (TPSA) is 0 Å². The smallest absolute Gasteiger partial charge is 0.0162 e. The lowest BCUT2D eigenvalue weighted by atomic mass is 9.78. The van der Waals surface area contributed by atoms with Crippen LogP contribution in [0, 0.1) is 12.8 Å². The predicted octanol–water partition coefficient (Wildman–Crippen LogP) is 5.01. The van der Waals surface area contributed by atoms with Crippen LogP contribution in [-0.4, -0.2) is 0 Å². The van der Waals surface area contributed by atoms with Gasteiger partial charge in [-0.05, 0) is 50.0 Å². The van der Waals surface area contributed by atoms with Crippen molar-refractivity contribution in [3.8, 4) is 0 Å². The van der Waals surface area contributed by atoms with Crippen LogP contribution in [0.5, 0.6) is 0 Å². The maximum Gasteiger partial charge on any atom is -0.0162 e. The van der Waals surface area contributed by atoms with E-state index < -0.39 is 0 Å². The van der Waals surface area contributed by atoms with Gasteiger partial charge < -0.3 is 0 Å². The molecule has 0 N–H and O–H groups in total. The summed E-state index contributed by atoms with van der Waals surface area (Å²) in [6.07, 6.45) is 11.6. The summed E-state index contributed by atoms with van der Waals surface area (Å²) < 4.78 is 0. The molecule has 0 heterocycles. The van der Waals surface area contributed by atoms with Gasteiger partial charge in [-0.3, -0.25) is 0 Å². The third kappa shape index (κ3) is 3.33. The molecule has 0 unspecified atom stereocenters. The molecule has 1 fully saturated rings. The van der Waals surface area contributed by atoms with Crippen molar-refractivity contribution in [3.63, 3.8) is 0 Å². The minimum Gasteiger partial charge on any atom is -0.0991 e. The second kappa shape index (κ2) is 5.86. The Morgan fingerprint density at radius 3 is 2.29 bits per heavy atom. The standard InChI is InChI=1S/C17H22/c1-3-4-5-15-8-12-17(13-9-15)16-10-6-14(2)7-11-16/h3-7,10-11,15,17H,1,8-9,12-13H2,2H3/b5-4+. The molecular formula is C17H22. The Morgan fingerprint density at radius 1 is 1.06 bits per heavy atom. The zero-order chi connectivity index (χ0) is 12.1. The van der Waals surface area contributed by atoms with Gasteiger partial charge in [0.25, 0.3) is 0 Å². The Hall–Kier alpha value is -1.30. The van der Waals surface area contributed by atoms with Crippen molar-refractivity contribution in [1.82, 2.24) is 0 Å². The average Bonchev–Trinajstić information content (AvgIpc) is 2.38. The van der Waals surface area contributed by atoms with Crippen LogP contribution in [-0.2, 0) is 0 Å². The molecule has 1 saturated carbocycles. The molecule has 0 bridgehead atoms. The van der Waals surface area contributed by atoms with Gasteiger partial charge in [-0.15, -0.1) is 0 Å². The summed E-state index contributed by atoms with van der Waals surface area (Å²) in [5.41, 5.74) is 2.89. The first-order valence-electron chi connectivity index (χ1n) is 6.65. The van der Waals surface area contributed by atoms with Gasteiger partial charge in [-0.25, -0.2) is 0 Å². The van der Waals surface area contributed by atoms with E-state index in [0.717, 1.165) is 11.8 Å². The quantitative estimate of drug-likeness (QED) is 0.635. The molecule has 0 aliphatic heterocycles. The molecule has 0 spiro atoms. The maximum absolute atomic E-state index is 3.73. The number of hydrogen-bond donors (Lipinski definition) is 0. The molecule has 1 aromatic rings. The third-order valence-corrected chi connectivity index (χ3v) is 3.84. The van der Waals surface area contributed by atoms with Gasteiger partial charge >= 0.3 is 0 Å². The first-order chi connectivity index (χ1) is 8.29. The van der Waals surface area contributed by atoms with Crippen LogP contribution in [0.1, 0.15) is 42.7 Å². The van der Waals surface area contributed by atoms with Gasteiger partial charge in [0.05, 0.1) is 0 Å². The lowest BCUT2D eigenvalue weighted by Gasteiger charge is -2.27. The van der Waals surface area contributed by atoms with Crippen molar-refractivity contribution in [2.24, 2.45) is 5.92 Å². The van der Waals surface area contributed by atoms with Gasteiger partial charge in [0.1, 0.15) is 0 Å². The Bertz CT molecular complexity index is 375. The number of benzene rings is 1. The van der Waals surface area contributed by atoms with Gasteiger partial charge in [0, 0.05) is 0 Å². The molecule has 0 amide bonds. The summed E-state index contributed by atoms with van der Waals surface area (Å²) in [5, 5.41) is 0. The fraction of sp³-hybridized carbons (Fsp3) is 0.412. The molecule has 0 radical (unpaired) electrons. The van der Waals surface area contributed by atoms with Crippen LogP contribution < -0.4 is 0 Å². The molecule has 0 heteroatoms. The lowest BCUT2D eigenvalue weighted by Crippen LogP contribution is -2.11. The van der Waals surface area contributed by atoms with E-state index in [2.05, 4.69) is 49.9 Å². The van der Waals surface area contributed by atoms with Crippen molar-refractivity contribution >= 4 is 0 Å². The van der Waals surface area contributed by atoms with Gasteiger partial charge in [0.15, 0.2) is 0 Å². The molecule has 0 saturated heterocycles. The summed E-state index contributed by atoms with van der Waals surface area (Å²) in [5.74, 6) is 1.55. The highest BCUT2D eigenvalue weighted by molar-refractivity contribution is 5.25. The van der Waals surface area contributed by atoms with Crippen molar-refractivity contribution in [2.75, 3.05) is 0 Å². The summed E-state index contributed by atoms with van der Waals surface area (Å²) in [6.45, 7) is 5.88. The van der Waals surface area contributed by atoms with Gasteiger partial charge in [-0.1, -0.05) is 54.6 Å². The molecule has 1 aliphatic rings. The Balaban J connectivity index is 1.92.